The summed E-state index contributed by atoms with van der Waals surface area (Å²) in [5.74, 6) is 0.528. The van der Waals surface area contributed by atoms with Gasteiger partial charge in [-0.15, -0.1) is 24.0 Å². The number of likely N-dealkylation sites (tertiary alicyclic amines) is 1. The number of nitrogens with zero attached hydrogens (tertiary/aromatic N) is 2. The van der Waals surface area contributed by atoms with Crippen LogP contribution in [0.15, 0.2) is 53.5 Å². The lowest BCUT2D eigenvalue weighted by Crippen LogP contribution is -2.48. The van der Waals surface area contributed by atoms with Crippen LogP contribution in [-0.2, 0) is 6.54 Å². The zero-order valence-corrected chi connectivity index (χ0v) is 20.8. The monoisotopic (exact) mass is 560 g/mol. The topological polar surface area (TPSA) is 59.9 Å². The zero-order valence-electron chi connectivity index (χ0n) is 17.7. The summed E-state index contributed by atoms with van der Waals surface area (Å²) in [6.45, 7) is 5.85. The third kappa shape index (κ3) is 8.56. The summed E-state index contributed by atoms with van der Waals surface area (Å²) < 4.78 is 13.1. The van der Waals surface area contributed by atoms with Gasteiger partial charge in [-0.25, -0.2) is 4.39 Å². The van der Waals surface area contributed by atoms with Crippen molar-refractivity contribution in [3.63, 3.8) is 0 Å². The Morgan fingerprint density at radius 2 is 1.81 bits per heavy atom. The van der Waals surface area contributed by atoms with Crippen molar-refractivity contribution < 1.29 is 9.50 Å². The number of aliphatic hydroxyl groups excluding tert-OH is 1. The predicted molar refractivity (Wildman–Crippen MR) is 136 cm³/mol. The molecule has 1 fully saturated rings. The molecular formula is C23H31ClFIN4O. The van der Waals surface area contributed by atoms with Gasteiger partial charge in [0.25, 0.3) is 0 Å². The van der Waals surface area contributed by atoms with Gasteiger partial charge in [0.15, 0.2) is 5.96 Å². The Bertz CT molecular complexity index is 811. The molecule has 1 aliphatic rings. The van der Waals surface area contributed by atoms with Crippen molar-refractivity contribution in [2.24, 2.45) is 4.99 Å². The lowest BCUT2D eigenvalue weighted by molar-refractivity contribution is 0.186. The van der Waals surface area contributed by atoms with Crippen molar-refractivity contribution in [1.82, 2.24) is 15.5 Å². The molecule has 0 saturated carbocycles. The Kier molecular flexibility index (Phi) is 11.0. The van der Waals surface area contributed by atoms with E-state index >= 15 is 0 Å². The van der Waals surface area contributed by atoms with Crippen molar-refractivity contribution in [2.75, 3.05) is 26.2 Å². The van der Waals surface area contributed by atoms with Gasteiger partial charge in [-0.05, 0) is 55.2 Å². The highest BCUT2D eigenvalue weighted by Crippen LogP contribution is 2.17. The van der Waals surface area contributed by atoms with Crippen LogP contribution in [0.3, 0.4) is 0 Å². The Labute approximate surface area is 206 Å². The number of piperidine rings is 1. The molecule has 0 spiro atoms. The summed E-state index contributed by atoms with van der Waals surface area (Å²) >= 11 is 5.91. The van der Waals surface area contributed by atoms with Crippen LogP contribution in [0.2, 0.25) is 5.02 Å². The minimum atomic E-state index is -0.671. The van der Waals surface area contributed by atoms with Crippen molar-refractivity contribution in [1.29, 1.82) is 0 Å². The van der Waals surface area contributed by atoms with Crippen LogP contribution >= 0.6 is 35.6 Å². The Morgan fingerprint density at radius 3 is 2.42 bits per heavy atom. The van der Waals surface area contributed by atoms with Crippen LogP contribution in [0.25, 0.3) is 0 Å². The third-order valence-corrected chi connectivity index (χ3v) is 5.52. The number of hydrogen-bond donors (Lipinski definition) is 3. The summed E-state index contributed by atoms with van der Waals surface area (Å²) in [5.41, 5.74) is 1.93. The lowest BCUT2D eigenvalue weighted by atomic mass is 10.0. The molecule has 0 amide bonds. The molecular weight excluding hydrogens is 530 g/mol. The van der Waals surface area contributed by atoms with Crippen LogP contribution < -0.4 is 10.6 Å². The molecule has 1 unspecified atom stereocenters. The summed E-state index contributed by atoms with van der Waals surface area (Å²) in [6, 6.07) is 14.2. The second-order valence-corrected chi connectivity index (χ2v) is 8.04. The van der Waals surface area contributed by atoms with E-state index in [1.807, 2.05) is 31.2 Å². The second-order valence-electron chi connectivity index (χ2n) is 7.61. The average Bonchev–Trinajstić information content (AvgIpc) is 2.75. The van der Waals surface area contributed by atoms with E-state index in [0.29, 0.717) is 11.1 Å². The molecule has 3 N–H and O–H groups in total. The van der Waals surface area contributed by atoms with Crippen molar-refractivity contribution in [3.8, 4) is 0 Å². The molecule has 31 heavy (non-hydrogen) atoms. The second kappa shape index (κ2) is 13.2. The highest BCUT2D eigenvalue weighted by Gasteiger charge is 2.20. The average molecular weight is 561 g/mol. The normalized spacial score (nSPS) is 16.5. The molecule has 170 valence electrons. The first-order valence-corrected chi connectivity index (χ1v) is 10.9. The fourth-order valence-corrected chi connectivity index (χ4v) is 3.69. The molecule has 0 aliphatic carbocycles. The van der Waals surface area contributed by atoms with Crippen molar-refractivity contribution in [2.45, 2.75) is 38.5 Å². The van der Waals surface area contributed by atoms with Gasteiger partial charge in [0.05, 0.1) is 12.6 Å². The van der Waals surface area contributed by atoms with Crippen LogP contribution in [-0.4, -0.2) is 48.2 Å². The standard InChI is InChI=1S/C23H30ClFN4O.HI/c1-2-26-23(27-15-22(30)18-5-7-19(24)8-6-18)28-21-11-13-29(14-12-21)16-17-3-9-20(25)10-4-17;/h3-10,21-22,30H,2,11-16H2,1H3,(H2,26,27,28);1H. The van der Waals surface area contributed by atoms with Crippen LogP contribution in [0.5, 0.6) is 0 Å². The fourth-order valence-electron chi connectivity index (χ4n) is 3.56. The molecule has 1 saturated heterocycles. The Morgan fingerprint density at radius 1 is 1.16 bits per heavy atom. The van der Waals surface area contributed by atoms with Crippen LogP contribution in [0.4, 0.5) is 4.39 Å². The molecule has 0 aromatic heterocycles. The van der Waals surface area contributed by atoms with E-state index in [4.69, 9.17) is 11.6 Å². The predicted octanol–water partition coefficient (Wildman–Crippen LogP) is 4.35. The molecule has 0 bridgehead atoms. The largest absolute Gasteiger partial charge is 0.386 e. The highest BCUT2D eigenvalue weighted by atomic mass is 127. The van der Waals surface area contributed by atoms with Gasteiger partial charge in [0.1, 0.15) is 5.82 Å². The van der Waals surface area contributed by atoms with Crippen LogP contribution in [0, 0.1) is 5.82 Å². The van der Waals surface area contributed by atoms with Gasteiger partial charge in [-0.2, -0.15) is 0 Å². The maximum absolute atomic E-state index is 13.1. The van der Waals surface area contributed by atoms with Gasteiger partial charge in [-0.3, -0.25) is 9.89 Å². The molecule has 1 aliphatic heterocycles. The van der Waals surface area contributed by atoms with E-state index in [0.717, 1.165) is 56.1 Å². The quantitative estimate of drug-likeness (QED) is 0.268. The number of benzene rings is 2. The fraction of sp³-hybridized carbons (Fsp3) is 0.435. The van der Waals surface area contributed by atoms with Crippen molar-refractivity contribution >= 4 is 41.5 Å². The third-order valence-electron chi connectivity index (χ3n) is 5.27. The maximum atomic E-state index is 13.1. The van der Waals surface area contributed by atoms with Gasteiger partial charge in [0, 0.05) is 37.2 Å². The molecule has 1 heterocycles. The molecule has 5 nitrogen and oxygen atoms in total. The number of hydrogen-bond acceptors (Lipinski definition) is 3. The van der Waals surface area contributed by atoms with E-state index in [-0.39, 0.29) is 36.3 Å². The van der Waals surface area contributed by atoms with Crippen molar-refractivity contribution in [3.05, 3.63) is 70.5 Å². The SMILES string of the molecule is CCNC(=NCC(O)c1ccc(Cl)cc1)NC1CCN(Cc2ccc(F)cc2)CC1.I. The van der Waals surface area contributed by atoms with Crippen LogP contribution in [0.1, 0.15) is 37.0 Å². The summed E-state index contributed by atoms with van der Waals surface area (Å²) in [4.78, 5) is 6.95. The van der Waals surface area contributed by atoms with Gasteiger partial charge in [0.2, 0.25) is 0 Å². The van der Waals surface area contributed by atoms with Gasteiger partial charge >= 0.3 is 0 Å². The number of guanidine groups is 1. The van der Waals surface area contributed by atoms with Gasteiger partial charge < -0.3 is 15.7 Å². The van der Waals surface area contributed by atoms with E-state index in [1.165, 1.54) is 12.1 Å². The number of aliphatic hydroxyl groups is 1. The zero-order chi connectivity index (χ0) is 21.3. The molecule has 2 aromatic rings. The Balaban J connectivity index is 0.00000341. The molecule has 1 atom stereocenters. The number of halogens is 3. The maximum Gasteiger partial charge on any atom is 0.191 e. The minimum absolute atomic E-state index is 0. The smallest absolute Gasteiger partial charge is 0.191 e. The number of aliphatic imine (C=N–C) groups is 1. The first-order valence-electron chi connectivity index (χ1n) is 10.5. The van der Waals surface area contributed by atoms with E-state index in [2.05, 4.69) is 20.5 Å². The highest BCUT2D eigenvalue weighted by molar-refractivity contribution is 14.0. The first-order chi connectivity index (χ1) is 14.5. The summed E-state index contributed by atoms with van der Waals surface area (Å²) in [6.07, 6.45) is 1.34. The lowest BCUT2D eigenvalue weighted by Gasteiger charge is -2.33. The van der Waals surface area contributed by atoms with Gasteiger partial charge in [-0.1, -0.05) is 35.9 Å². The molecule has 0 radical (unpaired) electrons. The minimum Gasteiger partial charge on any atom is -0.386 e. The van der Waals surface area contributed by atoms with E-state index in [9.17, 15) is 9.50 Å². The number of nitrogens with one attached hydrogen (secondary N) is 2. The van der Waals surface area contributed by atoms with E-state index < -0.39 is 6.10 Å². The molecule has 3 rings (SSSR count). The number of rotatable bonds is 7. The molecule has 2 aromatic carbocycles. The molecule has 8 heteroatoms. The summed E-state index contributed by atoms with van der Waals surface area (Å²) in [5, 5.41) is 17.8. The Hall–Kier alpha value is -1.42. The van der Waals surface area contributed by atoms with E-state index in [1.54, 1.807) is 12.1 Å². The first kappa shape index (κ1) is 25.8. The summed E-state index contributed by atoms with van der Waals surface area (Å²) in [7, 11) is 0.